The summed E-state index contributed by atoms with van der Waals surface area (Å²) in [5, 5.41) is 7.13. The van der Waals surface area contributed by atoms with E-state index in [1.165, 1.54) is 63.9 Å². The number of phosphoric ester groups is 3. The maximum absolute atomic E-state index is 12.7. The van der Waals surface area contributed by atoms with Crippen molar-refractivity contribution in [1.29, 1.82) is 0 Å². The molecule has 3 fully saturated rings. The summed E-state index contributed by atoms with van der Waals surface area (Å²) in [5.74, 6) is 17.4. The quantitative estimate of drug-likeness (QED) is 0.00964. The Hall–Kier alpha value is -6.27. The number of hydrogen-bond acceptors (Lipinski definition) is 49. The number of nitrogens with two attached hydrogens (primary N) is 1. The lowest BCUT2D eigenvalue weighted by Gasteiger charge is -2.21. The molecule has 0 radical (unpaired) electrons. The van der Waals surface area contributed by atoms with Gasteiger partial charge in [0.2, 0.25) is 0 Å². The largest absolute Gasteiger partial charge is 0.490 e. The van der Waals surface area contributed by atoms with Crippen LogP contribution in [-0.2, 0) is 152 Å². The molecule has 0 spiro atoms. The number of nitrogens with one attached hydrogen (secondary N) is 6. The van der Waals surface area contributed by atoms with Gasteiger partial charge in [-0.1, -0.05) is 107 Å². The van der Waals surface area contributed by atoms with E-state index in [4.69, 9.17) is 82.5 Å². The Kier molecular flexibility index (Phi) is 59.7. The van der Waals surface area contributed by atoms with E-state index < -0.39 is 203 Å². The number of carbonyl (C=O) groups is 8. The van der Waals surface area contributed by atoms with E-state index in [9.17, 15) is 138 Å². The van der Waals surface area contributed by atoms with E-state index in [2.05, 4.69) is 106 Å². The molecule has 6 heterocycles. The minimum atomic E-state index is -5.80. The molecule has 64 nitrogen and oxygen atoms in total. The Morgan fingerprint density at radius 2 is 0.707 bits per heavy atom. The number of phosphoric acid groups is 9. The molecule has 79 heteroatoms. The Morgan fingerprint density at radius 1 is 0.420 bits per heavy atom. The molecule has 3 aromatic rings. The van der Waals surface area contributed by atoms with Gasteiger partial charge in [0.1, 0.15) is 108 Å². The summed E-state index contributed by atoms with van der Waals surface area (Å²) in [6.07, 6.45) is -8.50. The second-order valence-electron chi connectivity index (χ2n) is 30.6. The molecule has 0 aliphatic carbocycles. The second kappa shape index (κ2) is 65.8. The highest BCUT2D eigenvalue weighted by Gasteiger charge is 2.48. The van der Waals surface area contributed by atoms with Crippen molar-refractivity contribution >= 4 is 183 Å². The Balaban J connectivity index is 0.000000469. The number of ether oxygens (including phenoxy) is 10. The lowest BCUT2D eigenvalue weighted by Crippen LogP contribution is -2.34. The first-order chi connectivity index (χ1) is 69.7. The summed E-state index contributed by atoms with van der Waals surface area (Å²) in [7, 11) is -42.2. The molecular formula is C71H109N10O54P9S6. The molecule has 9 unspecified atom stereocenters. The van der Waals surface area contributed by atoms with Crippen molar-refractivity contribution in [3.05, 3.63) is 97.8 Å². The van der Waals surface area contributed by atoms with Crippen molar-refractivity contribution in [2.24, 2.45) is 5.73 Å². The zero-order valence-corrected chi connectivity index (χ0v) is 92.6. The Morgan fingerprint density at radius 3 is 0.980 bits per heavy atom. The van der Waals surface area contributed by atoms with Crippen molar-refractivity contribution in [1.82, 2.24) is 44.6 Å². The number of Topliss-reactive ketones (excluding diaryl/α,β-unsaturated/α-hetero) is 4. The molecule has 20 N–H and O–H groups in total. The summed E-state index contributed by atoms with van der Waals surface area (Å²) >= 11 is 0. The Labute approximate surface area is 873 Å². The van der Waals surface area contributed by atoms with Crippen LogP contribution in [0, 0.1) is 35.5 Å². The van der Waals surface area contributed by atoms with Crippen molar-refractivity contribution in [2.45, 2.75) is 167 Å². The number of aromatic nitrogens is 6. The number of nitrogens with zero attached hydrogens (tertiary/aromatic N) is 3. The molecule has 3 aromatic heterocycles. The summed E-state index contributed by atoms with van der Waals surface area (Å²) in [6.45, 7) is 7.97. The van der Waals surface area contributed by atoms with Crippen molar-refractivity contribution in [3.63, 3.8) is 0 Å². The molecule has 3 amide bonds. The van der Waals surface area contributed by atoms with Crippen LogP contribution in [0.1, 0.15) is 142 Å². The summed E-state index contributed by atoms with van der Waals surface area (Å²) in [6, 6.07) is 0. The normalized spacial score (nSPS) is 20.0. The number of carbonyl (C=O) groups excluding carboxylic acids is 8. The molecule has 15 atom stereocenters. The lowest BCUT2D eigenvalue weighted by atomic mass is 10.2. The molecule has 0 aromatic carbocycles. The topological polar surface area (TPSA) is 935 Å². The molecule has 3 saturated heterocycles. The van der Waals surface area contributed by atoms with Crippen LogP contribution >= 0.6 is 135 Å². The molecule has 3 aliphatic heterocycles. The molecule has 0 bridgehead atoms. The van der Waals surface area contributed by atoms with Crippen molar-refractivity contribution in [3.8, 4) is 35.5 Å². The SMILES string of the molecule is CC(=O)CCOC1C[C@H](n2cc(C#CCNC(=O)OCCSSCC(=O)OC(C)(C)C)c(=O)[nH]c2=O)O[C@@H]1COP(=O)(O)OP(=O)(O)OP(=O)(O)O.CC(=O)CCOC1C[C@H](n2cc(C#CCNC(=O)OCCSSCCN)c(=O)[nH]c2=O)O[C@@H]1COP(=O)(O)OP(=O)(O)OP(=O)(O)O.CCC(=O)CCCSSCCOC(=O)NCC#Cc1cn([C@H]2CC(OCCC(C)=O)[C@@H](COP(=O)(O)OP(=O)(O)OP(=O)(O)O)O2)c(=O)[nH]c1=O. The first-order valence-electron chi connectivity index (χ1n) is 42.7. The molecule has 0 saturated carbocycles. The van der Waals surface area contributed by atoms with E-state index in [-0.39, 0.29) is 149 Å². The van der Waals surface area contributed by atoms with Crippen LogP contribution in [-0.4, -0.2) is 297 Å². The average molecular weight is 2440 g/mol. The number of rotatable bonds is 60. The van der Waals surface area contributed by atoms with Crippen LogP contribution in [0.2, 0.25) is 0 Å². The van der Waals surface area contributed by atoms with Gasteiger partial charge in [-0.15, -0.1) is 0 Å². The minimum absolute atomic E-state index is 0.0267. The van der Waals surface area contributed by atoms with Gasteiger partial charge in [-0.2, -0.15) is 25.9 Å². The maximum atomic E-state index is 12.7. The molecular weight excluding hydrogens is 2330 g/mol. The van der Waals surface area contributed by atoms with E-state index in [1.54, 1.807) is 42.4 Å². The van der Waals surface area contributed by atoms with Crippen molar-refractivity contribution < 1.29 is 225 Å². The van der Waals surface area contributed by atoms with Gasteiger partial charge in [-0.05, 0) is 48.0 Å². The van der Waals surface area contributed by atoms with E-state index in [0.717, 1.165) is 50.2 Å². The van der Waals surface area contributed by atoms with Gasteiger partial charge in [-0.3, -0.25) is 80.6 Å². The number of H-pyrrole nitrogens is 3. The van der Waals surface area contributed by atoms with Gasteiger partial charge < -0.3 is 128 Å². The lowest BCUT2D eigenvalue weighted by molar-refractivity contribution is -0.151. The van der Waals surface area contributed by atoms with Crippen LogP contribution in [0.3, 0.4) is 0 Å². The van der Waals surface area contributed by atoms with E-state index >= 15 is 0 Å². The van der Waals surface area contributed by atoms with Crippen LogP contribution in [0.5, 0.6) is 0 Å². The molecule has 6 rings (SSSR count). The van der Waals surface area contributed by atoms with Crippen LogP contribution < -0.4 is 55.4 Å². The Bertz CT molecular complexity index is 6140. The number of esters is 1. The van der Waals surface area contributed by atoms with Gasteiger partial charge in [0.15, 0.2) is 0 Å². The highest BCUT2D eigenvalue weighted by Crippen LogP contribution is 2.69. The third-order valence-electron chi connectivity index (χ3n) is 17.1. The summed E-state index contributed by atoms with van der Waals surface area (Å²) in [4.78, 5) is 284. The molecule has 848 valence electrons. The van der Waals surface area contributed by atoms with Gasteiger partial charge in [0.25, 0.3) is 16.7 Å². The average Bonchev–Trinajstić information content (AvgIpc) is 1.66. The van der Waals surface area contributed by atoms with Crippen LogP contribution in [0.4, 0.5) is 14.4 Å². The fourth-order valence-electron chi connectivity index (χ4n) is 11.2. The van der Waals surface area contributed by atoms with Gasteiger partial charge in [0, 0.05) is 105 Å². The number of alkyl carbamates (subject to hydrolysis) is 3. The molecule has 3 aliphatic rings. The zero-order valence-electron chi connectivity index (χ0n) is 79.6. The highest BCUT2D eigenvalue weighted by molar-refractivity contribution is 8.77. The number of hydrogen-bond donors (Lipinski definition) is 19. The van der Waals surface area contributed by atoms with Crippen LogP contribution in [0.25, 0.3) is 0 Å². The predicted octanol–water partition coefficient (Wildman–Crippen LogP) is 3.03. The third-order valence-corrected chi connectivity index (χ3v) is 35.6. The molecule has 150 heavy (non-hydrogen) atoms. The van der Waals surface area contributed by atoms with Crippen LogP contribution in [0.15, 0.2) is 47.4 Å². The van der Waals surface area contributed by atoms with Gasteiger partial charge in [-0.25, -0.2) is 69.9 Å². The standard InChI is InChI=1S/C25H38N3O19P3S2.C25H38N3O18P3S2.C21H33N4O17P3S2/c1-16(29)7-9-41-18-12-20(44-19(18)14-43-49(37,38)47-50(39,40)46-48(34,35)36)28-13-17(22(31)27-23(28)32)6-5-8-26-24(33)42-10-11-51-52-15-21(30)45-25(2,3)4;1-3-19(30)7-5-12-50-51-13-11-42-25(33)26-9-4-6-18-15-28(24(32)27-23(18)31)22-14-20(41-10-8-17(2)29)21(44-22)16-43-48(37,38)46-49(39,40)45-47(34,35)36;1-14(26)4-7-37-16-11-18(40-17(16)13-39-44(33,34)42-45(35,36)41-43(30,31)32)25-12-15(19(27)24-20(25)28)3-2-6-23-21(29)38-8-10-47-46-9-5-22/h13,18-20H,7-12,14-15H2,1-4H3,(H,26,33)(H,37,38)(H,39,40)(H,27,31,32)(H2,34,35,36);15,20-22H,3,5,7-14,16H2,1-2H3,(H,26,33)(H,37,38)(H,39,40)(H,27,31,32)(H2,34,35,36);12,16-18H,4-11,13,22H2,1H3,(H,23,29)(H,33,34)(H,35,36)(H,24,27,28)(H2,30,31,32)/t18?,19-,20-;20?,21-,22-;16?,17-,18-/m111/s1. The smallest absolute Gasteiger partial charge is 0.459 e. The summed E-state index contributed by atoms with van der Waals surface area (Å²) in [5.41, 5.74) is -1.30. The fourth-order valence-corrected chi connectivity index (χ4v) is 25.5. The van der Waals surface area contributed by atoms with Crippen molar-refractivity contribution in [2.75, 3.05) is 120 Å². The maximum Gasteiger partial charge on any atom is 0.490 e. The monoisotopic (exact) mass is 2440 g/mol. The van der Waals surface area contributed by atoms with E-state index in [0.29, 0.717) is 36.6 Å². The third kappa shape index (κ3) is 59.2. The second-order valence-corrected chi connectivity index (χ2v) is 51.8. The summed E-state index contributed by atoms with van der Waals surface area (Å²) < 4.78 is 197. The first kappa shape index (κ1) is 136. The highest BCUT2D eigenvalue weighted by atomic mass is 33.1. The van der Waals surface area contributed by atoms with Gasteiger partial charge >= 0.3 is 112 Å². The number of aromatic amines is 3. The number of ketones is 4. The fraction of sp³-hybridized carbons (Fsp3) is 0.634. The van der Waals surface area contributed by atoms with E-state index in [1.807, 2.05) is 6.92 Å². The minimum Gasteiger partial charge on any atom is -0.459 e. The predicted molar refractivity (Wildman–Crippen MR) is 527 cm³/mol. The first-order valence-corrected chi connectivity index (χ1v) is 63.8. The number of amides is 3. The zero-order chi connectivity index (χ0) is 113. The van der Waals surface area contributed by atoms with Gasteiger partial charge in [0.05, 0.1) is 77.6 Å².